The Labute approximate surface area is 179 Å². The molecule has 1 atom stereocenters. The minimum atomic E-state index is -0.859. The van der Waals surface area contributed by atoms with E-state index in [1.807, 2.05) is 57.2 Å². The van der Waals surface area contributed by atoms with Crippen LogP contribution in [0.3, 0.4) is 0 Å². The Morgan fingerprint density at radius 2 is 1.86 bits per heavy atom. The fraction of sp³-hybridized carbons (Fsp3) is 0.381. The average molecular weight is 471 g/mol. The molecule has 5 nitrogen and oxygen atoms in total. The van der Waals surface area contributed by atoms with Crippen LogP contribution in [0.1, 0.15) is 31.9 Å². The second-order valence-corrected chi connectivity index (χ2v) is 7.98. The molecule has 0 aliphatic heterocycles. The predicted molar refractivity (Wildman–Crippen MR) is 114 cm³/mol. The van der Waals surface area contributed by atoms with Crippen molar-refractivity contribution in [3.63, 3.8) is 0 Å². The van der Waals surface area contributed by atoms with Crippen molar-refractivity contribution in [1.82, 2.24) is 5.32 Å². The molecule has 0 saturated heterocycles. The van der Waals surface area contributed by atoms with Crippen LogP contribution in [0.4, 0.5) is 0 Å². The predicted octanol–water partition coefficient (Wildman–Crippen LogP) is 5.28. The number of aliphatic carboxylic acids is 1. The van der Waals surface area contributed by atoms with Crippen molar-refractivity contribution < 1.29 is 19.4 Å². The zero-order valence-corrected chi connectivity index (χ0v) is 18.5. The topological polar surface area (TPSA) is 67.8 Å². The summed E-state index contributed by atoms with van der Waals surface area (Å²) in [5.74, 6) is 0.342. The van der Waals surface area contributed by atoms with Gasteiger partial charge in [-0.05, 0) is 64.2 Å². The van der Waals surface area contributed by atoms with Crippen molar-refractivity contribution in [2.75, 3.05) is 6.61 Å². The normalized spacial score (nSPS) is 12.1. The molecular formula is C21H25BrClNO4. The van der Waals surface area contributed by atoms with Gasteiger partial charge < -0.3 is 19.9 Å². The lowest BCUT2D eigenvalue weighted by atomic mass is 10.0. The zero-order valence-electron chi connectivity index (χ0n) is 16.2. The van der Waals surface area contributed by atoms with E-state index in [9.17, 15) is 9.90 Å². The lowest BCUT2D eigenvalue weighted by molar-refractivity contribution is -0.140. The zero-order chi connectivity index (χ0) is 20.7. The minimum absolute atomic E-state index is 0.0192. The molecule has 0 fully saturated rings. The standard InChI is InChI=1S/C21H25BrClNO4/c1-4-27-18-10-15(11-24-19(13(2)3)21(25)26)9-17(22)20(18)28-12-14-5-7-16(23)8-6-14/h5-10,13,19,24H,4,11-12H2,1-3H3,(H,25,26). The number of ether oxygens (including phenoxy) is 2. The number of rotatable bonds is 10. The first-order valence-corrected chi connectivity index (χ1v) is 10.3. The summed E-state index contributed by atoms with van der Waals surface area (Å²) in [7, 11) is 0. The van der Waals surface area contributed by atoms with Crippen LogP contribution in [0.25, 0.3) is 0 Å². The fourth-order valence-electron chi connectivity index (χ4n) is 2.70. The van der Waals surface area contributed by atoms with E-state index in [1.54, 1.807) is 0 Å². The number of carboxylic acid groups (broad SMARTS) is 1. The van der Waals surface area contributed by atoms with Crippen molar-refractivity contribution in [2.24, 2.45) is 5.92 Å². The van der Waals surface area contributed by atoms with Crippen LogP contribution in [-0.2, 0) is 17.9 Å². The summed E-state index contributed by atoms with van der Waals surface area (Å²) in [6.45, 7) is 6.93. The molecule has 0 saturated carbocycles. The van der Waals surface area contributed by atoms with Gasteiger partial charge in [-0.3, -0.25) is 4.79 Å². The van der Waals surface area contributed by atoms with Crippen LogP contribution in [0.15, 0.2) is 40.9 Å². The molecule has 7 heteroatoms. The second-order valence-electron chi connectivity index (χ2n) is 6.69. The Kier molecular flexibility index (Phi) is 8.60. The molecule has 0 aromatic heterocycles. The maximum absolute atomic E-state index is 11.4. The molecular weight excluding hydrogens is 446 g/mol. The molecule has 2 aromatic carbocycles. The monoisotopic (exact) mass is 469 g/mol. The van der Waals surface area contributed by atoms with E-state index in [-0.39, 0.29) is 5.92 Å². The van der Waals surface area contributed by atoms with Crippen molar-refractivity contribution in [1.29, 1.82) is 0 Å². The molecule has 1 unspecified atom stereocenters. The fourth-order valence-corrected chi connectivity index (χ4v) is 3.43. The summed E-state index contributed by atoms with van der Waals surface area (Å²) in [4.78, 5) is 11.4. The van der Waals surface area contributed by atoms with Gasteiger partial charge in [-0.1, -0.05) is 37.6 Å². The van der Waals surface area contributed by atoms with E-state index in [0.717, 1.165) is 15.6 Å². The van der Waals surface area contributed by atoms with Crippen molar-refractivity contribution in [3.05, 3.63) is 57.0 Å². The summed E-state index contributed by atoms with van der Waals surface area (Å²) >= 11 is 9.47. The number of carbonyl (C=O) groups is 1. The van der Waals surface area contributed by atoms with Gasteiger partial charge in [0.15, 0.2) is 11.5 Å². The molecule has 2 aromatic rings. The lowest BCUT2D eigenvalue weighted by Crippen LogP contribution is -2.40. The molecule has 2 N–H and O–H groups in total. The minimum Gasteiger partial charge on any atom is -0.490 e. The quantitative estimate of drug-likeness (QED) is 0.494. The van der Waals surface area contributed by atoms with E-state index in [1.165, 1.54) is 0 Å². The number of benzene rings is 2. The first-order chi connectivity index (χ1) is 13.3. The van der Waals surface area contributed by atoms with E-state index in [2.05, 4.69) is 21.2 Å². The molecule has 0 aliphatic carbocycles. The Bertz CT molecular complexity index is 796. The van der Waals surface area contributed by atoms with Gasteiger partial charge in [0.05, 0.1) is 11.1 Å². The van der Waals surface area contributed by atoms with Crippen molar-refractivity contribution >= 4 is 33.5 Å². The van der Waals surface area contributed by atoms with Crippen LogP contribution in [0, 0.1) is 5.92 Å². The van der Waals surface area contributed by atoms with Crippen LogP contribution in [0.2, 0.25) is 5.02 Å². The van der Waals surface area contributed by atoms with E-state index in [4.69, 9.17) is 21.1 Å². The highest BCUT2D eigenvalue weighted by molar-refractivity contribution is 9.10. The number of carboxylic acids is 1. The smallest absolute Gasteiger partial charge is 0.320 e. The van der Waals surface area contributed by atoms with Gasteiger partial charge in [0.2, 0.25) is 0 Å². The molecule has 0 spiro atoms. The Balaban J connectivity index is 2.15. The summed E-state index contributed by atoms with van der Waals surface area (Å²) in [5, 5.41) is 13.1. The molecule has 0 bridgehead atoms. The first kappa shape index (κ1) is 22.5. The SMILES string of the molecule is CCOc1cc(CNC(C(=O)O)C(C)C)cc(Br)c1OCc1ccc(Cl)cc1. The third kappa shape index (κ3) is 6.40. The third-order valence-electron chi connectivity index (χ3n) is 4.12. The summed E-state index contributed by atoms with van der Waals surface area (Å²) in [5.41, 5.74) is 1.90. The maximum atomic E-state index is 11.4. The van der Waals surface area contributed by atoms with E-state index in [0.29, 0.717) is 36.3 Å². The molecule has 152 valence electrons. The van der Waals surface area contributed by atoms with Gasteiger partial charge in [0, 0.05) is 11.6 Å². The van der Waals surface area contributed by atoms with Gasteiger partial charge in [0.1, 0.15) is 12.6 Å². The number of nitrogens with one attached hydrogen (secondary N) is 1. The van der Waals surface area contributed by atoms with Crippen LogP contribution < -0.4 is 14.8 Å². The Hall–Kier alpha value is -1.76. The van der Waals surface area contributed by atoms with Gasteiger partial charge in [-0.2, -0.15) is 0 Å². The molecule has 0 aliphatic rings. The molecule has 0 radical (unpaired) electrons. The number of hydrogen-bond acceptors (Lipinski definition) is 4. The highest BCUT2D eigenvalue weighted by Crippen LogP contribution is 2.37. The van der Waals surface area contributed by atoms with Crippen LogP contribution in [0.5, 0.6) is 11.5 Å². The van der Waals surface area contributed by atoms with Crippen molar-refractivity contribution in [3.8, 4) is 11.5 Å². The average Bonchev–Trinajstić information content (AvgIpc) is 2.62. The summed E-state index contributed by atoms with van der Waals surface area (Å²) < 4.78 is 12.5. The first-order valence-electron chi connectivity index (χ1n) is 9.10. The Morgan fingerprint density at radius 1 is 1.18 bits per heavy atom. The molecule has 0 heterocycles. The second kappa shape index (κ2) is 10.7. The van der Waals surface area contributed by atoms with Gasteiger partial charge in [-0.25, -0.2) is 0 Å². The highest BCUT2D eigenvalue weighted by Gasteiger charge is 2.21. The van der Waals surface area contributed by atoms with Crippen molar-refractivity contribution in [2.45, 2.75) is 40.0 Å². The maximum Gasteiger partial charge on any atom is 0.320 e. The van der Waals surface area contributed by atoms with Crippen LogP contribution >= 0.6 is 27.5 Å². The van der Waals surface area contributed by atoms with E-state index >= 15 is 0 Å². The van der Waals surface area contributed by atoms with Gasteiger partial charge in [-0.15, -0.1) is 0 Å². The number of hydrogen-bond donors (Lipinski definition) is 2. The van der Waals surface area contributed by atoms with E-state index < -0.39 is 12.0 Å². The third-order valence-corrected chi connectivity index (χ3v) is 4.97. The number of halogens is 2. The summed E-state index contributed by atoms with van der Waals surface area (Å²) in [6.07, 6.45) is 0. The van der Waals surface area contributed by atoms with Gasteiger partial charge in [0.25, 0.3) is 0 Å². The lowest BCUT2D eigenvalue weighted by Gasteiger charge is -2.19. The molecule has 0 amide bonds. The molecule has 2 rings (SSSR count). The Morgan fingerprint density at radius 3 is 2.43 bits per heavy atom. The van der Waals surface area contributed by atoms with Crippen LogP contribution in [-0.4, -0.2) is 23.7 Å². The largest absolute Gasteiger partial charge is 0.490 e. The summed E-state index contributed by atoms with van der Waals surface area (Å²) in [6, 6.07) is 10.6. The molecule has 28 heavy (non-hydrogen) atoms. The highest BCUT2D eigenvalue weighted by atomic mass is 79.9. The van der Waals surface area contributed by atoms with Gasteiger partial charge >= 0.3 is 5.97 Å².